The van der Waals surface area contributed by atoms with Gasteiger partial charge in [-0.05, 0) is 31.4 Å². The Labute approximate surface area is 122 Å². The number of aliphatic carboxylic acids is 1. The van der Waals surface area contributed by atoms with E-state index in [1.54, 1.807) is 18.2 Å². The molecule has 3 rings (SSSR count). The number of hydrogen-bond acceptors (Lipinski definition) is 4. The minimum Gasteiger partial charge on any atom is -0.486 e. The topological polar surface area (TPSA) is 84.9 Å². The lowest BCUT2D eigenvalue weighted by molar-refractivity contribution is -0.141. The van der Waals surface area contributed by atoms with Crippen molar-refractivity contribution in [2.75, 3.05) is 18.5 Å². The van der Waals surface area contributed by atoms with Gasteiger partial charge in [0.25, 0.3) is 0 Å². The van der Waals surface area contributed by atoms with Crippen LogP contribution in [0.15, 0.2) is 18.2 Å². The van der Waals surface area contributed by atoms with Crippen LogP contribution in [-0.2, 0) is 9.59 Å². The Morgan fingerprint density at radius 2 is 1.90 bits per heavy atom. The normalized spacial score (nSPS) is 23.6. The fourth-order valence-electron chi connectivity index (χ4n) is 2.85. The number of amides is 1. The number of benzene rings is 1. The summed E-state index contributed by atoms with van der Waals surface area (Å²) >= 11 is 0. The Morgan fingerprint density at radius 1 is 1.14 bits per heavy atom. The summed E-state index contributed by atoms with van der Waals surface area (Å²) in [7, 11) is 0. The molecule has 1 aromatic rings. The first-order chi connectivity index (χ1) is 10.1. The third-order valence-corrected chi connectivity index (χ3v) is 3.98. The van der Waals surface area contributed by atoms with Crippen molar-refractivity contribution in [1.29, 1.82) is 0 Å². The maximum atomic E-state index is 12.3. The number of anilines is 1. The zero-order valence-corrected chi connectivity index (χ0v) is 11.5. The molecule has 2 aliphatic rings. The highest BCUT2D eigenvalue weighted by Gasteiger charge is 2.34. The molecule has 2 N–H and O–H groups in total. The molecule has 1 aliphatic heterocycles. The molecule has 0 radical (unpaired) electrons. The van der Waals surface area contributed by atoms with Crippen LogP contribution in [0.5, 0.6) is 11.5 Å². The Bertz CT molecular complexity index is 571. The average Bonchev–Trinajstić information content (AvgIpc) is 2.98. The van der Waals surface area contributed by atoms with Crippen molar-refractivity contribution in [2.45, 2.75) is 19.3 Å². The van der Waals surface area contributed by atoms with E-state index in [1.807, 2.05) is 0 Å². The smallest absolute Gasteiger partial charge is 0.306 e. The largest absolute Gasteiger partial charge is 0.486 e. The summed E-state index contributed by atoms with van der Waals surface area (Å²) in [5.74, 6) is -0.476. The van der Waals surface area contributed by atoms with Crippen molar-refractivity contribution in [2.24, 2.45) is 11.8 Å². The van der Waals surface area contributed by atoms with Crippen LogP contribution < -0.4 is 14.8 Å². The van der Waals surface area contributed by atoms with Crippen LogP contribution >= 0.6 is 0 Å². The van der Waals surface area contributed by atoms with Crippen molar-refractivity contribution in [3.8, 4) is 11.5 Å². The molecule has 1 heterocycles. The number of rotatable bonds is 3. The number of ether oxygens (including phenoxy) is 2. The highest BCUT2D eigenvalue weighted by Crippen LogP contribution is 2.38. The molecular weight excluding hydrogens is 274 g/mol. The summed E-state index contributed by atoms with van der Waals surface area (Å²) in [4.78, 5) is 23.2. The molecule has 2 atom stereocenters. The average molecular weight is 291 g/mol. The summed E-state index contributed by atoms with van der Waals surface area (Å²) in [6, 6.07) is 5.34. The Hall–Kier alpha value is -2.24. The molecule has 6 heteroatoms. The minimum absolute atomic E-state index is 0.152. The second-order valence-corrected chi connectivity index (χ2v) is 5.36. The first-order valence-corrected chi connectivity index (χ1v) is 7.07. The van der Waals surface area contributed by atoms with Crippen LogP contribution in [0, 0.1) is 11.8 Å². The van der Waals surface area contributed by atoms with Crippen LogP contribution in [0.2, 0.25) is 0 Å². The van der Waals surface area contributed by atoms with Gasteiger partial charge in [-0.3, -0.25) is 9.59 Å². The monoisotopic (exact) mass is 291 g/mol. The minimum atomic E-state index is -0.820. The Kier molecular flexibility index (Phi) is 3.68. The van der Waals surface area contributed by atoms with E-state index in [2.05, 4.69) is 5.32 Å². The number of carbonyl (C=O) groups is 2. The molecular formula is C15H17NO5. The molecule has 6 nitrogen and oxygen atoms in total. The molecule has 112 valence electrons. The summed E-state index contributed by atoms with van der Waals surface area (Å²) in [5, 5.41) is 11.8. The van der Waals surface area contributed by atoms with Crippen LogP contribution in [0.3, 0.4) is 0 Å². The van der Waals surface area contributed by atoms with E-state index in [0.29, 0.717) is 49.7 Å². The van der Waals surface area contributed by atoms with Gasteiger partial charge in [-0.1, -0.05) is 6.07 Å². The summed E-state index contributed by atoms with van der Waals surface area (Å²) in [6.45, 7) is 0.942. The van der Waals surface area contributed by atoms with E-state index in [-0.39, 0.29) is 11.8 Å². The number of hydrogen-bond donors (Lipinski definition) is 2. The fourth-order valence-corrected chi connectivity index (χ4v) is 2.85. The predicted octanol–water partition coefficient (Wildman–Crippen LogP) is 1.90. The van der Waals surface area contributed by atoms with E-state index in [0.717, 1.165) is 0 Å². The molecule has 1 aliphatic carbocycles. The lowest BCUT2D eigenvalue weighted by Crippen LogP contribution is -2.23. The molecule has 1 fully saturated rings. The number of para-hydroxylation sites is 1. The third-order valence-electron chi connectivity index (χ3n) is 3.98. The highest BCUT2D eigenvalue weighted by molar-refractivity contribution is 5.95. The van der Waals surface area contributed by atoms with Gasteiger partial charge in [-0.2, -0.15) is 0 Å². The number of carbonyl (C=O) groups excluding carboxylic acids is 1. The molecule has 0 unspecified atom stereocenters. The van der Waals surface area contributed by atoms with E-state index < -0.39 is 11.9 Å². The second kappa shape index (κ2) is 5.63. The van der Waals surface area contributed by atoms with Gasteiger partial charge in [0.1, 0.15) is 13.2 Å². The Balaban J connectivity index is 1.70. The van der Waals surface area contributed by atoms with Crippen molar-refractivity contribution in [3.05, 3.63) is 18.2 Å². The van der Waals surface area contributed by atoms with Gasteiger partial charge in [0.05, 0.1) is 11.6 Å². The van der Waals surface area contributed by atoms with Gasteiger partial charge >= 0.3 is 5.97 Å². The fraction of sp³-hybridized carbons (Fsp3) is 0.467. The summed E-state index contributed by atoms with van der Waals surface area (Å²) in [5.41, 5.74) is 0.580. The van der Waals surface area contributed by atoms with Crippen molar-refractivity contribution in [1.82, 2.24) is 0 Å². The van der Waals surface area contributed by atoms with Crippen LogP contribution in [0.1, 0.15) is 19.3 Å². The lowest BCUT2D eigenvalue weighted by Gasteiger charge is -2.21. The van der Waals surface area contributed by atoms with Crippen molar-refractivity contribution >= 4 is 17.6 Å². The maximum absolute atomic E-state index is 12.3. The first kappa shape index (κ1) is 13.7. The van der Waals surface area contributed by atoms with E-state index in [9.17, 15) is 9.59 Å². The van der Waals surface area contributed by atoms with E-state index in [4.69, 9.17) is 14.6 Å². The van der Waals surface area contributed by atoms with Gasteiger partial charge in [0, 0.05) is 5.92 Å². The third kappa shape index (κ3) is 2.79. The molecule has 1 saturated carbocycles. The lowest BCUT2D eigenvalue weighted by atomic mass is 10.0. The first-order valence-electron chi connectivity index (χ1n) is 7.07. The van der Waals surface area contributed by atoms with Crippen molar-refractivity contribution in [3.63, 3.8) is 0 Å². The van der Waals surface area contributed by atoms with Gasteiger partial charge in [-0.25, -0.2) is 0 Å². The van der Waals surface area contributed by atoms with Gasteiger partial charge in [-0.15, -0.1) is 0 Å². The Morgan fingerprint density at radius 3 is 2.67 bits per heavy atom. The standard InChI is InChI=1S/C15H17NO5/c17-14(9-4-5-10(8-9)15(18)19)16-11-2-1-3-12-13(11)21-7-6-20-12/h1-3,9-10H,4-8H2,(H,16,17)(H,18,19)/t9-,10+/m0/s1. The zero-order valence-electron chi connectivity index (χ0n) is 11.5. The summed E-state index contributed by atoms with van der Waals surface area (Å²) in [6.07, 6.45) is 1.56. The van der Waals surface area contributed by atoms with Crippen LogP contribution in [-0.4, -0.2) is 30.2 Å². The number of fused-ring (bicyclic) bond motifs is 1. The molecule has 0 spiro atoms. The molecule has 0 bridgehead atoms. The molecule has 1 aromatic carbocycles. The second-order valence-electron chi connectivity index (χ2n) is 5.36. The highest BCUT2D eigenvalue weighted by atomic mass is 16.6. The van der Waals surface area contributed by atoms with Crippen molar-refractivity contribution < 1.29 is 24.2 Å². The van der Waals surface area contributed by atoms with Gasteiger partial charge < -0.3 is 19.9 Å². The van der Waals surface area contributed by atoms with Gasteiger partial charge in [0.15, 0.2) is 11.5 Å². The quantitative estimate of drug-likeness (QED) is 0.888. The SMILES string of the molecule is O=C(O)[C@@H]1CC[C@H](C(=O)Nc2cccc3c2OCCO3)C1. The maximum Gasteiger partial charge on any atom is 0.306 e. The zero-order chi connectivity index (χ0) is 14.8. The predicted molar refractivity (Wildman–Crippen MR) is 74.5 cm³/mol. The molecule has 0 saturated heterocycles. The van der Waals surface area contributed by atoms with Crippen LogP contribution in [0.4, 0.5) is 5.69 Å². The summed E-state index contributed by atoms with van der Waals surface area (Å²) < 4.78 is 11.0. The molecule has 0 aromatic heterocycles. The molecule has 21 heavy (non-hydrogen) atoms. The van der Waals surface area contributed by atoms with E-state index >= 15 is 0 Å². The number of carboxylic acids is 1. The molecule has 1 amide bonds. The van der Waals surface area contributed by atoms with E-state index in [1.165, 1.54) is 0 Å². The van der Waals surface area contributed by atoms with Crippen LogP contribution in [0.25, 0.3) is 0 Å². The number of nitrogens with one attached hydrogen (secondary N) is 1. The number of carboxylic acid groups (broad SMARTS) is 1. The van der Waals surface area contributed by atoms with Gasteiger partial charge in [0.2, 0.25) is 5.91 Å².